The summed E-state index contributed by atoms with van der Waals surface area (Å²) in [5.74, 6) is -1.65. The van der Waals surface area contributed by atoms with Gasteiger partial charge in [0.2, 0.25) is 5.56 Å². The smallest absolute Gasteiger partial charge is 0.326 e. The minimum atomic E-state index is -1.08. The lowest BCUT2D eigenvalue weighted by Gasteiger charge is -2.15. The highest BCUT2D eigenvalue weighted by Gasteiger charge is 2.21. The highest BCUT2D eigenvalue weighted by atomic mass is 79.9. The summed E-state index contributed by atoms with van der Waals surface area (Å²) < 4.78 is 0.655. The Morgan fingerprint density at radius 1 is 1.39 bits per heavy atom. The lowest BCUT2D eigenvalue weighted by Crippen LogP contribution is -2.41. The molecule has 122 valence electrons. The van der Waals surface area contributed by atoms with E-state index in [4.69, 9.17) is 0 Å². The molecule has 0 bridgehead atoms. The van der Waals surface area contributed by atoms with Crippen molar-refractivity contribution in [3.05, 3.63) is 44.7 Å². The molecule has 0 saturated carbocycles. The van der Waals surface area contributed by atoms with Crippen molar-refractivity contribution in [1.29, 1.82) is 0 Å². The van der Waals surface area contributed by atoms with Crippen LogP contribution in [-0.2, 0) is 4.79 Å². The summed E-state index contributed by atoms with van der Waals surface area (Å²) in [7, 11) is 0. The molecule has 1 unspecified atom stereocenters. The number of nitrogens with one attached hydrogen (secondary N) is 2. The topological polar surface area (TPSA) is 99.3 Å². The average molecular weight is 381 g/mol. The van der Waals surface area contributed by atoms with Crippen LogP contribution in [0.4, 0.5) is 0 Å². The van der Waals surface area contributed by atoms with Crippen LogP contribution in [0.5, 0.6) is 0 Å². The Balaban J connectivity index is 2.39. The van der Waals surface area contributed by atoms with Gasteiger partial charge in [0.15, 0.2) is 0 Å². The van der Waals surface area contributed by atoms with Crippen LogP contribution in [0.25, 0.3) is 10.9 Å². The Morgan fingerprint density at radius 2 is 2.13 bits per heavy atom. The highest BCUT2D eigenvalue weighted by Crippen LogP contribution is 2.23. The van der Waals surface area contributed by atoms with E-state index in [0.717, 1.165) is 6.42 Å². The van der Waals surface area contributed by atoms with E-state index in [1.54, 1.807) is 18.2 Å². The maximum atomic E-state index is 12.5. The lowest BCUT2D eigenvalue weighted by atomic mass is 10.1. The van der Waals surface area contributed by atoms with Gasteiger partial charge < -0.3 is 15.4 Å². The summed E-state index contributed by atoms with van der Waals surface area (Å²) in [6.45, 7) is 1.95. The zero-order valence-corrected chi connectivity index (χ0v) is 14.1. The standard InChI is InChI=1S/C16H17BrN2O4/c1-2-3-7-12(16(22)23)18-15(21)10-8-13(20)19-14-9(10)5-4-6-11(14)17/h4-6,8,12H,2-3,7H2,1H3,(H,18,21)(H,19,20)(H,22,23). The van der Waals surface area contributed by atoms with Crippen LogP contribution < -0.4 is 10.9 Å². The highest BCUT2D eigenvalue weighted by molar-refractivity contribution is 9.10. The fourth-order valence-electron chi connectivity index (χ4n) is 2.33. The lowest BCUT2D eigenvalue weighted by molar-refractivity contribution is -0.139. The molecule has 0 saturated heterocycles. The van der Waals surface area contributed by atoms with E-state index in [-0.39, 0.29) is 5.56 Å². The van der Waals surface area contributed by atoms with E-state index in [2.05, 4.69) is 26.2 Å². The first-order valence-electron chi connectivity index (χ1n) is 7.29. The summed E-state index contributed by atoms with van der Waals surface area (Å²) in [5.41, 5.74) is 0.244. The Labute approximate surface area is 141 Å². The average Bonchev–Trinajstić information content (AvgIpc) is 2.51. The summed E-state index contributed by atoms with van der Waals surface area (Å²) in [6.07, 6.45) is 1.88. The number of carbonyl (C=O) groups excluding carboxylic acids is 1. The van der Waals surface area contributed by atoms with Crippen molar-refractivity contribution in [2.24, 2.45) is 0 Å². The monoisotopic (exact) mass is 380 g/mol. The minimum Gasteiger partial charge on any atom is -0.480 e. The predicted octanol–water partition coefficient (Wildman–Crippen LogP) is 2.66. The van der Waals surface area contributed by atoms with Gasteiger partial charge in [-0.05, 0) is 28.4 Å². The normalized spacial score (nSPS) is 12.1. The number of hydrogen-bond acceptors (Lipinski definition) is 3. The maximum Gasteiger partial charge on any atom is 0.326 e. The predicted molar refractivity (Wildman–Crippen MR) is 90.7 cm³/mol. The number of H-pyrrole nitrogens is 1. The van der Waals surface area contributed by atoms with Crippen LogP contribution in [0.2, 0.25) is 0 Å². The van der Waals surface area contributed by atoms with Crippen molar-refractivity contribution in [2.45, 2.75) is 32.2 Å². The molecular formula is C16H17BrN2O4. The number of unbranched alkanes of at least 4 members (excludes halogenated alkanes) is 1. The molecule has 1 heterocycles. The first kappa shape index (κ1) is 17.2. The van der Waals surface area contributed by atoms with Gasteiger partial charge in [-0.2, -0.15) is 0 Å². The van der Waals surface area contributed by atoms with Gasteiger partial charge in [0.1, 0.15) is 6.04 Å². The Bertz CT molecular complexity index is 800. The number of carbonyl (C=O) groups is 2. The Kier molecular flexibility index (Phi) is 5.54. The summed E-state index contributed by atoms with van der Waals surface area (Å²) in [5, 5.41) is 12.3. The second-order valence-electron chi connectivity index (χ2n) is 5.22. The number of aromatic amines is 1. The van der Waals surface area contributed by atoms with E-state index in [1.165, 1.54) is 6.07 Å². The van der Waals surface area contributed by atoms with Gasteiger partial charge in [0, 0.05) is 15.9 Å². The number of pyridine rings is 1. The van der Waals surface area contributed by atoms with Gasteiger partial charge in [-0.15, -0.1) is 0 Å². The van der Waals surface area contributed by atoms with Gasteiger partial charge in [-0.1, -0.05) is 31.9 Å². The fourth-order valence-corrected chi connectivity index (χ4v) is 2.80. The van der Waals surface area contributed by atoms with Crippen LogP contribution in [-0.4, -0.2) is 28.0 Å². The number of para-hydroxylation sites is 1. The van der Waals surface area contributed by atoms with Gasteiger partial charge in [0.05, 0.1) is 11.1 Å². The third-order valence-electron chi connectivity index (χ3n) is 3.52. The number of halogens is 1. The zero-order valence-electron chi connectivity index (χ0n) is 12.6. The van der Waals surface area contributed by atoms with Gasteiger partial charge >= 0.3 is 5.97 Å². The fraction of sp³-hybridized carbons (Fsp3) is 0.312. The van der Waals surface area contributed by atoms with Crippen molar-refractivity contribution >= 4 is 38.7 Å². The molecule has 0 radical (unpaired) electrons. The molecule has 3 N–H and O–H groups in total. The number of hydrogen-bond donors (Lipinski definition) is 3. The number of benzene rings is 1. The summed E-state index contributed by atoms with van der Waals surface area (Å²) in [4.78, 5) is 38.2. The molecule has 1 amide bonds. The van der Waals surface area contributed by atoms with Crippen LogP contribution in [0, 0.1) is 0 Å². The molecule has 0 spiro atoms. The third-order valence-corrected chi connectivity index (χ3v) is 4.18. The first-order valence-corrected chi connectivity index (χ1v) is 8.08. The SMILES string of the molecule is CCCCC(NC(=O)c1cc(=O)[nH]c2c(Br)cccc12)C(=O)O. The van der Waals surface area contributed by atoms with Crippen LogP contribution in [0.1, 0.15) is 36.5 Å². The van der Waals surface area contributed by atoms with E-state index < -0.39 is 23.5 Å². The number of aliphatic carboxylic acids is 1. The Morgan fingerprint density at radius 3 is 2.78 bits per heavy atom. The maximum absolute atomic E-state index is 12.5. The quantitative estimate of drug-likeness (QED) is 0.716. The van der Waals surface area contributed by atoms with Crippen molar-refractivity contribution in [3.8, 4) is 0 Å². The van der Waals surface area contributed by atoms with E-state index in [9.17, 15) is 19.5 Å². The molecule has 0 fully saturated rings. The van der Waals surface area contributed by atoms with Crippen LogP contribution in [0.15, 0.2) is 33.5 Å². The molecule has 0 aliphatic carbocycles. The number of amides is 1. The second-order valence-corrected chi connectivity index (χ2v) is 6.07. The zero-order chi connectivity index (χ0) is 17.0. The van der Waals surface area contributed by atoms with E-state index in [0.29, 0.717) is 28.2 Å². The number of fused-ring (bicyclic) bond motifs is 1. The van der Waals surface area contributed by atoms with Crippen LogP contribution in [0.3, 0.4) is 0 Å². The largest absolute Gasteiger partial charge is 0.480 e. The van der Waals surface area contributed by atoms with Gasteiger partial charge in [-0.25, -0.2) is 4.79 Å². The molecule has 23 heavy (non-hydrogen) atoms. The molecule has 0 aliphatic rings. The molecule has 2 aromatic rings. The molecular weight excluding hydrogens is 364 g/mol. The molecule has 1 aromatic heterocycles. The molecule has 7 heteroatoms. The van der Waals surface area contributed by atoms with Crippen molar-refractivity contribution < 1.29 is 14.7 Å². The number of carboxylic acid groups (broad SMARTS) is 1. The van der Waals surface area contributed by atoms with Crippen LogP contribution >= 0.6 is 15.9 Å². The molecule has 0 aliphatic heterocycles. The summed E-state index contributed by atoms with van der Waals surface area (Å²) >= 11 is 3.33. The van der Waals surface area contributed by atoms with Crippen molar-refractivity contribution in [2.75, 3.05) is 0 Å². The van der Waals surface area contributed by atoms with E-state index in [1.807, 2.05) is 6.92 Å². The number of aromatic nitrogens is 1. The second kappa shape index (κ2) is 7.41. The summed E-state index contributed by atoms with van der Waals surface area (Å²) in [6, 6.07) is 5.41. The number of rotatable bonds is 6. The minimum absolute atomic E-state index is 0.160. The van der Waals surface area contributed by atoms with Crippen molar-refractivity contribution in [1.82, 2.24) is 10.3 Å². The molecule has 1 atom stereocenters. The Hall–Kier alpha value is -2.15. The van der Waals surface area contributed by atoms with E-state index >= 15 is 0 Å². The molecule has 1 aromatic carbocycles. The van der Waals surface area contributed by atoms with Crippen molar-refractivity contribution in [3.63, 3.8) is 0 Å². The van der Waals surface area contributed by atoms with Gasteiger partial charge in [0.25, 0.3) is 5.91 Å². The third kappa shape index (κ3) is 3.98. The molecule has 2 rings (SSSR count). The van der Waals surface area contributed by atoms with Gasteiger partial charge in [-0.3, -0.25) is 9.59 Å². The number of carboxylic acids is 1. The molecule has 6 nitrogen and oxygen atoms in total. The first-order chi connectivity index (χ1) is 10.9.